The first-order valence-electron chi connectivity index (χ1n) is 3.38. The van der Waals surface area contributed by atoms with Crippen molar-refractivity contribution >= 4 is 17.1 Å². The molecule has 2 nitrogen and oxygen atoms in total. The van der Waals surface area contributed by atoms with Crippen LogP contribution in [0.3, 0.4) is 0 Å². The minimum atomic E-state index is -1.62. The zero-order valence-corrected chi connectivity index (χ0v) is 7.35. The van der Waals surface area contributed by atoms with Crippen molar-refractivity contribution in [3.8, 4) is 0 Å². The smallest absolute Gasteiger partial charge is 0.133 e. The largest absolute Gasteiger partial charge is 0.248 e. The van der Waals surface area contributed by atoms with Crippen molar-refractivity contribution in [1.82, 2.24) is 0 Å². The minimum Gasteiger partial charge on any atom is -0.248 e. The van der Waals surface area contributed by atoms with Crippen LogP contribution in [0.15, 0.2) is 23.6 Å². The topological polar surface area (TPSA) is 43.1 Å². The Morgan fingerprint density at radius 3 is 2.62 bits per heavy atom. The van der Waals surface area contributed by atoms with Crippen molar-refractivity contribution in [3.05, 3.63) is 40.8 Å². The summed E-state index contributed by atoms with van der Waals surface area (Å²) in [5, 5.41) is 6.03. The second kappa shape index (κ2) is 4.25. The van der Waals surface area contributed by atoms with E-state index in [0.29, 0.717) is 0 Å². The summed E-state index contributed by atoms with van der Waals surface area (Å²) in [5.41, 5.74) is 0.153. The van der Waals surface area contributed by atoms with Crippen LogP contribution < -0.4 is 5.14 Å². The van der Waals surface area contributed by atoms with Crippen LogP contribution in [0, 0.1) is 11.6 Å². The summed E-state index contributed by atoms with van der Waals surface area (Å²) in [6.07, 6.45) is 1.24. The highest BCUT2D eigenvalue weighted by atomic mass is 32.2. The molecule has 1 atom stereocenters. The van der Waals surface area contributed by atoms with Gasteiger partial charge in [-0.05, 0) is 18.2 Å². The molecule has 0 aliphatic carbocycles. The van der Waals surface area contributed by atoms with Crippen molar-refractivity contribution in [1.29, 1.82) is 0 Å². The maximum absolute atomic E-state index is 12.9. The molecule has 0 spiro atoms. The van der Waals surface area contributed by atoms with E-state index in [0.717, 1.165) is 17.5 Å². The van der Waals surface area contributed by atoms with Crippen LogP contribution in [0.1, 0.15) is 5.56 Å². The fraction of sp³-hybridized carbons (Fsp3) is 0. The lowest BCUT2D eigenvalue weighted by atomic mass is 10.2. The fourth-order valence-electron chi connectivity index (χ4n) is 0.777. The highest BCUT2D eigenvalue weighted by Crippen LogP contribution is 2.10. The summed E-state index contributed by atoms with van der Waals surface area (Å²) in [7, 11) is -1.62. The van der Waals surface area contributed by atoms with E-state index in [2.05, 4.69) is 0 Å². The molecule has 5 heteroatoms. The van der Waals surface area contributed by atoms with Crippen LogP contribution in [0.25, 0.3) is 6.08 Å². The van der Waals surface area contributed by atoms with E-state index < -0.39 is 22.6 Å². The third-order valence-corrected chi connectivity index (χ3v) is 1.75. The van der Waals surface area contributed by atoms with Gasteiger partial charge in [0, 0.05) is 17.0 Å². The molecule has 1 rings (SSSR count). The Morgan fingerprint density at radius 1 is 1.38 bits per heavy atom. The average Bonchev–Trinajstić information content (AvgIpc) is 2.02. The van der Waals surface area contributed by atoms with E-state index in [1.807, 2.05) is 0 Å². The first-order valence-corrected chi connectivity index (χ1v) is 4.65. The Kier molecular flexibility index (Phi) is 3.27. The molecule has 1 unspecified atom stereocenters. The lowest BCUT2D eigenvalue weighted by Gasteiger charge is -1.95. The van der Waals surface area contributed by atoms with Gasteiger partial charge >= 0.3 is 0 Å². The Hall–Kier alpha value is -1.07. The van der Waals surface area contributed by atoms with Gasteiger partial charge in [0.15, 0.2) is 0 Å². The van der Waals surface area contributed by atoms with Gasteiger partial charge in [0.25, 0.3) is 0 Å². The molecular weight excluding hydrogens is 196 g/mol. The second-order valence-corrected chi connectivity index (χ2v) is 3.23. The Bertz CT molecular complexity index is 365. The van der Waals surface area contributed by atoms with E-state index in [-0.39, 0.29) is 5.56 Å². The summed E-state index contributed by atoms with van der Waals surface area (Å²) in [6.45, 7) is 0. The molecule has 0 saturated carbocycles. The minimum absolute atomic E-state index is 0.153. The van der Waals surface area contributed by atoms with Crippen molar-refractivity contribution in [3.63, 3.8) is 0 Å². The highest BCUT2D eigenvalue weighted by molar-refractivity contribution is 7.85. The summed E-state index contributed by atoms with van der Waals surface area (Å²) in [6, 6.07) is 3.11. The van der Waals surface area contributed by atoms with Crippen LogP contribution in [-0.4, -0.2) is 4.21 Å². The summed E-state index contributed by atoms with van der Waals surface area (Å²) in [5.74, 6) is -1.36. The van der Waals surface area contributed by atoms with Gasteiger partial charge in [-0.3, -0.25) is 0 Å². The van der Waals surface area contributed by atoms with Gasteiger partial charge in [-0.15, -0.1) is 0 Å². The molecular formula is C8H7F2NOS. The Balaban J connectivity index is 2.96. The molecule has 0 amide bonds. The molecule has 0 aliphatic heterocycles. The number of nitrogens with two attached hydrogens (primary N) is 1. The monoisotopic (exact) mass is 203 g/mol. The molecule has 0 heterocycles. The number of benzene rings is 1. The van der Waals surface area contributed by atoms with Crippen LogP contribution in [0.5, 0.6) is 0 Å². The van der Waals surface area contributed by atoms with Crippen LogP contribution in [-0.2, 0) is 11.0 Å². The summed E-state index contributed by atoms with van der Waals surface area (Å²) in [4.78, 5) is 0. The molecule has 0 bridgehead atoms. The molecule has 0 fully saturated rings. The third kappa shape index (κ3) is 3.04. The van der Waals surface area contributed by atoms with Crippen LogP contribution in [0.2, 0.25) is 0 Å². The standard InChI is InChI=1S/C8H7F2NOS/c9-7-2-1-6(8(10)5-7)3-4-13(11)12/h1-5H,11H2/b4-3-. The zero-order chi connectivity index (χ0) is 9.84. The SMILES string of the molecule is NS(=O)/C=C\c1ccc(F)cc1F. The van der Waals surface area contributed by atoms with E-state index in [1.54, 1.807) is 0 Å². The van der Waals surface area contributed by atoms with Crippen LogP contribution in [0.4, 0.5) is 8.78 Å². The lowest BCUT2D eigenvalue weighted by molar-refractivity contribution is 0.581. The zero-order valence-electron chi connectivity index (χ0n) is 6.54. The van der Waals surface area contributed by atoms with E-state index in [4.69, 9.17) is 5.14 Å². The van der Waals surface area contributed by atoms with Gasteiger partial charge in [-0.1, -0.05) is 0 Å². The number of hydrogen-bond donors (Lipinski definition) is 1. The number of rotatable bonds is 2. The Labute approximate surface area is 76.7 Å². The molecule has 0 saturated heterocycles. The summed E-state index contributed by atoms with van der Waals surface area (Å²) >= 11 is 0. The normalized spacial score (nSPS) is 13.5. The fourth-order valence-corrected chi connectivity index (χ4v) is 1.06. The third-order valence-electron chi connectivity index (χ3n) is 1.34. The van der Waals surface area contributed by atoms with E-state index >= 15 is 0 Å². The van der Waals surface area contributed by atoms with Gasteiger partial charge in [0.05, 0.1) is 0 Å². The first kappa shape index (κ1) is 10.0. The molecule has 2 N–H and O–H groups in total. The summed E-state index contributed by atoms with van der Waals surface area (Å²) < 4.78 is 35.7. The van der Waals surface area contributed by atoms with Gasteiger partial charge in [0.1, 0.15) is 22.6 Å². The predicted molar refractivity (Wildman–Crippen MR) is 47.7 cm³/mol. The molecule has 70 valence electrons. The maximum Gasteiger partial charge on any atom is 0.133 e. The van der Waals surface area contributed by atoms with Crippen molar-refractivity contribution < 1.29 is 13.0 Å². The molecule has 1 aromatic rings. The van der Waals surface area contributed by atoms with E-state index in [9.17, 15) is 13.0 Å². The molecule has 0 aliphatic rings. The first-order chi connectivity index (χ1) is 6.09. The average molecular weight is 203 g/mol. The van der Waals surface area contributed by atoms with Gasteiger partial charge < -0.3 is 0 Å². The second-order valence-electron chi connectivity index (χ2n) is 2.30. The van der Waals surface area contributed by atoms with Crippen molar-refractivity contribution in [2.75, 3.05) is 0 Å². The predicted octanol–water partition coefficient (Wildman–Crippen LogP) is 1.56. The maximum atomic E-state index is 12.9. The van der Waals surface area contributed by atoms with Gasteiger partial charge in [-0.2, -0.15) is 0 Å². The number of hydrogen-bond acceptors (Lipinski definition) is 1. The molecule has 0 radical (unpaired) electrons. The van der Waals surface area contributed by atoms with Crippen molar-refractivity contribution in [2.24, 2.45) is 5.14 Å². The number of halogens is 2. The lowest BCUT2D eigenvalue weighted by Crippen LogP contribution is -1.96. The van der Waals surface area contributed by atoms with Crippen LogP contribution >= 0.6 is 0 Å². The Morgan fingerprint density at radius 2 is 2.08 bits per heavy atom. The molecule has 13 heavy (non-hydrogen) atoms. The molecule has 0 aromatic heterocycles. The van der Waals surface area contributed by atoms with Crippen molar-refractivity contribution in [2.45, 2.75) is 0 Å². The van der Waals surface area contributed by atoms with Gasteiger partial charge in [-0.25, -0.2) is 18.1 Å². The highest BCUT2D eigenvalue weighted by Gasteiger charge is 1.99. The quantitative estimate of drug-likeness (QED) is 0.778. The van der Waals surface area contributed by atoms with E-state index in [1.165, 1.54) is 12.1 Å². The molecule has 1 aromatic carbocycles. The van der Waals surface area contributed by atoms with Gasteiger partial charge in [0.2, 0.25) is 0 Å².